The Kier molecular flexibility index (Phi) is 3.26. The molecule has 7 nitrogen and oxygen atoms in total. The van der Waals surface area contributed by atoms with Gasteiger partial charge in [0.05, 0.1) is 25.3 Å². The lowest BCUT2D eigenvalue weighted by atomic mass is 10.1. The highest BCUT2D eigenvalue weighted by molar-refractivity contribution is 5.94. The number of para-hydroxylation sites is 2. The number of nitrogens with two attached hydrogens (primary N) is 1. The summed E-state index contributed by atoms with van der Waals surface area (Å²) in [5, 5.41) is 3.02. The molecule has 1 atom stereocenters. The van der Waals surface area contributed by atoms with Gasteiger partial charge < -0.3 is 15.2 Å². The minimum absolute atomic E-state index is 0.324. The van der Waals surface area contributed by atoms with Gasteiger partial charge in [-0.1, -0.05) is 12.1 Å². The van der Waals surface area contributed by atoms with Crippen LogP contribution in [0, 0.1) is 0 Å². The van der Waals surface area contributed by atoms with E-state index in [0.717, 1.165) is 16.6 Å². The number of aliphatic imine (C=N–C) groups is 1. The smallest absolute Gasteiger partial charge is 0.212 e. The van der Waals surface area contributed by atoms with E-state index in [2.05, 4.69) is 15.3 Å². The first kappa shape index (κ1) is 14.4. The fourth-order valence-corrected chi connectivity index (χ4v) is 2.92. The second-order valence-electron chi connectivity index (χ2n) is 5.45. The Balaban J connectivity index is 1.94. The number of imidazole rings is 1. The van der Waals surface area contributed by atoms with Gasteiger partial charge in [-0.3, -0.25) is 9.88 Å². The number of aromatic nitrogens is 2. The van der Waals surface area contributed by atoms with E-state index >= 15 is 0 Å². The Bertz CT molecular complexity index is 925. The van der Waals surface area contributed by atoms with Gasteiger partial charge in [-0.05, 0) is 24.3 Å². The van der Waals surface area contributed by atoms with Crippen LogP contribution in [0.2, 0.25) is 0 Å². The van der Waals surface area contributed by atoms with Gasteiger partial charge in [-0.15, -0.1) is 0 Å². The number of guanidine groups is 1. The van der Waals surface area contributed by atoms with Crippen LogP contribution >= 0.6 is 0 Å². The third kappa shape index (κ3) is 2.21. The molecular formula is C17H17N5O2. The van der Waals surface area contributed by atoms with Crippen molar-refractivity contribution in [1.82, 2.24) is 9.55 Å². The molecule has 3 N–H and O–H groups in total. The minimum Gasteiger partial charge on any atom is -0.497 e. The number of hydrogen-bond acceptors (Lipinski definition) is 6. The van der Waals surface area contributed by atoms with Gasteiger partial charge in [0.25, 0.3) is 0 Å². The van der Waals surface area contributed by atoms with Crippen molar-refractivity contribution >= 4 is 22.9 Å². The summed E-state index contributed by atoms with van der Waals surface area (Å²) >= 11 is 0. The quantitative estimate of drug-likeness (QED) is 0.772. The summed E-state index contributed by atoms with van der Waals surface area (Å²) in [7, 11) is 3.24. The van der Waals surface area contributed by atoms with Crippen LogP contribution in [0.4, 0.5) is 5.95 Å². The third-order valence-corrected chi connectivity index (χ3v) is 4.01. The number of nitrogens with one attached hydrogen (secondary N) is 1. The van der Waals surface area contributed by atoms with Gasteiger partial charge in [0.15, 0.2) is 12.1 Å². The second-order valence-corrected chi connectivity index (χ2v) is 5.45. The van der Waals surface area contributed by atoms with Crippen molar-refractivity contribution in [3.63, 3.8) is 0 Å². The van der Waals surface area contributed by atoms with E-state index in [1.165, 1.54) is 0 Å². The summed E-state index contributed by atoms with van der Waals surface area (Å²) in [5.41, 5.74) is 8.72. The van der Waals surface area contributed by atoms with Crippen LogP contribution in [-0.4, -0.2) is 29.7 Å². The number of methoxy groups -OCH3 is 2. The largest absolute Gasteiger partial charge is 0.497 e. The average Bonchev–Trinajstić information content (AvgIpc) is 2.98. The van der Waals surface area contributed by atoms with Crippen molar-refractivity contribution in [2.75, 3.05) is 19.5 Å². The number of ether oxygens (including phenoxy) is 2. The molecule has 0 amide bonds. The lowest BCUT2D eigenvalue weighted by Crippen LogP contribution is -2.31. The average molecular weight is 323 g/mol. The Morgan fingerprint density at radius 3 is 2.50 bits per heavy atom. The molecular weight excluding hydrogens is 306 g/mol. The molecule has 4 rings (SSSR count). The SMILES string of the molecule is COc1cc(OC)cc([C@H]2N=C(N)Nc3nc4ccccc4n32)c1. The fraction of sp³-hybridized carbons (Fsp3) is 0.176. The Morgan fingerprint density at radius 2 is 1.79 bits per heavy atom. The van der Waals surface area contributed by atoms with E-state index < -0.39 is 0 Å². The van der Waals surface area contributed by atoms with Crippen LogP contribution in [0.25, 0.3) is 11.0 Å². The maximum absolute atomic E-state index is 5.96. The van der Waals surface area contributed by atoms with E-state index in [4.69, 9.17) is 15.2 Å². The molecule has 7 heteroatoms. The maximum Gasteiger partial charge on any atom is 0.212 e. The van der Waals surface area contributed by atoms with Gasteiger partial charge >= 0.3 is 0 Å². The first-order chi connectivity index (χ1) is 11.7. The highest BCUT2D eigenvalue weighted by atomic mass is 16.5. The van der Waals surface area contributed by atoms with Gasteiger partial charge in [0.1, 0.15) is 11.5 Å². The molecule has 1 aliphatic heterocycles. The zero-order chi connectivity index (χ0) is 16.7. The number of benzene rings is 2. The van der Waals surface area contributed by atoms with Gasteiger partial charge in [0.2, 0.25) is 5.95 Å². The summed E-state index contributed by atoms with van der Waals surface area (Å²) in [6.45, 7) is 0. The summed E-state index contributed by atoms with van der Waals surface area (Å²) in [4.78, 5) is 9.16. The Morgan fingerprint density at radius 1 is 1.08 bits per heavy atom. The third-order valence-electron chi connectivity index (χ3n) is 4.01. The molecule has 24 heavy (non-hydrogen) atoms. The van der Waals surface area contributed by atoms with Crippen LogP contribution < -0.4 is 20.5 Å². The number of hydrogen-bond donors (Lipinski definition) is 2. The number of rotatable bonds is 3. The van der Waals surface area contributed by atoms with Crippen molar-refractivity contribution in [1.29, 1.82) is 0 Å². The lowest BCUT2D eigenvalue weighted by Gasteiger charge is -2.24. The minimum atomic E-state index is -0.349. The molecule has 0 aliphatic carbocycles. The highest BCUT2D eigenvalue weighted by Gasteiger charge is 2.25. The topological polar surface area (TPSA) is 86.7 Å². The predicted molar refractivity (Wildman–Crippen MR) is 92.7 cm³/mol. The van der Waals surface area contributed by atoms with Gasteiger partial charge in [0, 0.05) is 11.6 Å². The molecule has 0 fully saturated rings. The highest BCUT2D eigenvalue weighted by Crippen LogP contribution is 2.35. The van der Waals surface area contributed by atoms with Crippen LogP contribution in [0.15, 0.2) is 47.5 Å². The normalized spacial score (nSPS) is 16.2. The molecule has 0 saturated heterocycles. The van der Waals surface area contributed by atoms with E-state index in [-0.39, 0.29) is 6.17 Å². The molecule has 122 valence electrons. The monoisotopic (exact) mass is 323 g/mol. The summed E-state index contributed by atoms with van der Waals surface area (Å²) in [6.07, 6.45) is -0.349. The maximum atomic E-state index is 5.96. The zero-order valence-electron chi connectivity index (χ0n) is 13.4. The molecule has 0 radical (unpaired) electrons. The number of fused-ring (bicyclic) bond motifs is 3. The molecule has 1 aliphatic rings. The second kappa shape index (κ2) is 5.45. The first-order valence-electron chi connectivity index (χ1n) is 7.50. The standard InChI is InChI=1S/C17H17N5O2/c1-23-11-7-10(8-12(9-11)24-2)15-20-16(18)21-17-19-13-5-3-4-6-14(13)22(15)17/h3-9,15H,1-2H3,(H3,18,19,20,21)/t15-/m0/s1. The zero-order valence-corrected chi connectivity index (χ0v) is 13.4. The Labute approximate surface area is 138 Å². The summed E-state index contributed by atoms with van der Waals surface area (Å²) in [6, 6.07) is 13.6. The van der Waals surface area contributed by atoms with Crippen molar-refractivity contribution in [2.45, 2.75) is 6.17 Å². The van der Waals surface area contributed by atoms with E-state index in [9.17, 15) is 0 Å². The van der Waals surface area contributed by atoms with Crippen molar-refractivity contribution in [2.24, 2.45) is 10.7 Å². The first-order valence-corrected chi connectivity index (χ1v) is 7.50. The lowest BCUT2D eigenvalue weighted by molar-refractivity contribution is 0.392. The molecule has 2 aromatic carbocycles. The molecule has 0 saturated carbocycles. The van der Waals surface area contributed by atoms with Crippen molar-refractivity contribution < 1.29 is 9.47 Å². The van der Waals surface area contributed by atoms with Gasteiger partial charge in [-0.25, -0.2) is 9.98 Å². The van der Waals surface area contributed by atoms with Crippen molar-refractivity contribution in [3.05, 3.63) is 48.0 Å². The summed E-state index contributed by atoms with van der Waals surface area (Å²) in [5.74, 6) is 2.38. The van der Waals surface area contributed by atoms with E-state index in [0.29, 0.717) is 23.4 Å². The van der Waals surface area contributed by atoms with Crippen LogP contribution in [0.3, 0.4) is 0 Å². The molecule has 2 heterocycles. The molecule has 0 spiro atoms. The molecule has 1 aromatic heterocycles. The van der Waals surface area contributed by atoms with Gasteiger partial charge in [-0.2, -0.15) is 0 Å². The van der Waals surface area contributed by atoms with Crippen LogP contribution in [0.1, 0.15) is 11.7 Å². The number of nitrogens with zero attached hydrogens (tertiary/aromatic N) is 3. The summed E-state index contributed by atoms with van der Waals surface area (Å²) < 4.78 is 12.8. The van der Waals surface area contributed by atoms with Crippen molar-refractivity contribution in [3.8, 4) is 11.5 Å². The fourth-order valence-electron chi connectivity index (χ4n) is 2.92. The van der Waals surface area contributed by atoms with E-state index in [1.807, 2.05) is 47.0 Å². The Hall–Kier alpha value is -3.22. The molecule has 0 unspecified atom stereocenters. The van der Waals surface area contributed by atoms with Crippen LogP contribution in [0.5, 0.6) is 11.5 Å². The number of anilines is 1. The van der Waals surface area contributed by atoms with Crippen LogP contribution in [-0.2, 0) is 0 Å². The van der Waals surface area contributed by atoms with E-state index in [1.54, 1.807) is 14.2 Å². The molecule has 3 aromatic rings. The predicted octanol–water partition coefficient (Wildman–Crippen LogP) is 2.34. The molecule has 0 bridgehead atoms.